The van der Waals surface area contributed by atoms with Crippen LogP contribution in [0.25, 0.3) is 0 Å². The minimum absolute atomic E-state index is 0.619. The predicted octanol–water partition coefficient (Wildman–Crippen LogP) is 4.89. The number of aromatic nitrogens is 2. The molecular weight excluding hydrogens is 232 g/mol. The maximum absolute atomic E-state index is 4.60. The molecule has 0 aliphatic heterocycles. The van der Waals surface area contributed by atoms with Crippen LogP contribution >= 0.6 is 0 Å². The molecule has 0 unspecified atom stereocenters. The molecule has 2 nitrogen and oxygen atoms in total. The molecule has 2 rings (SSSR count). The summed E-state index contributed by atoms with van der Waals surface area (Å²) >= 11 is 0. The molecule has 0 spiro atoms. The van der Waals surface area contributed by atoms with Gasteiger partial charge in [0, 0.05) is 18.3 Å². The molecule has 1 saturated carbocycles. The third-order valence-electron chi connectivity index (χ3n) is 4.44. The van der Waals surface area contributed by atoms with Crippen LogP contribution in [-0.2, 0) is 6.42 Å². The van der Waals surface area contributed by atoms with Crippen LogP contribution in [0.2, 0.25) is 0 Å². The Balaban J connectivity index is 1.83. The van der Waals surface area contributed by atoms with Crippen LogP contribution in [0.3, 0.4) is 0 Å². The first-order valence-electron chi connectivity index (χ1n) is 8.14. The van der Waals surface area contributed by atoms with Gasteiger partial charge in [-0.2, -0.15) is 0 Å². The van der Waals surface area contributed by atoms with Crippen molar-refractivity contribution in [2.75, 3.05) is 0 Å². The number of unbranched alkanes of at least 4 members (excludes halogenated alkanes) is 1. The second-order valence-electron chi connectivity index (χ2n) is 6.06. The fourth-order valence-corrected chi connectivity index (χ4v) is 3.20. The maximum atomic E-state index is 4.60. The monoisotopic (exact) mass is 260 g/mol. The Hall–Kier alpha value is -0.920. The van der Waals surface area contributed by atoms with Crippen molar-refractivity contribution in [2.45, 2.75) is 77.6 Å². The van der Waals surface area contributed by atoms with Gasteiger partial charge in [-0.1, -0.05) is 39.5 Å². The summed E-state index contributed by atoms with van der Waals surface area (Å²) in [4.78, 5) is 9.19. The average molecular weight is 260 g/mol. The van der Waals surface area contributed by atoms with Gasteiger partial charge < -0.3 is 0 Å². The molecule has 19 heavy (non-hydrogen) atoms. The molecule has 0 N–H and O–H groups in total. The van der Waals surface area contributed by atoms with Crippen molar-refractivity contribution in [1.82, 2.24) is 9.97 Å². The topological polar surface area (TPSA) is 25.8 Å². The molecule has 1 aromatic rings. The highest BCUT2D eigenvalue weighted by Crippen LogP contribution is 2.36. The van der Waals surface area contributed by atoms with Crippen LogP contribution in [-0.4, -0.2) is 9.97 Å². The zero-order valence-corrected chi connectivity index (χ0v) is 12.6. The number of aryl methyl sites for hydroxylation is 1. The lowest BCUT2D eigenvalue weighted by atomic mass is 9.79. The SMILES string of the molecule is CCCCC1CCC(c2ncc(CCC)cn2)CC1. The molecule has 0 atom stereocenters. The number of rotatable bonds is 6. The fourth-order valence-electron chi connectivity index (χ4n) is 3.20. The minimum atomic E-state index is 0.619. The molecule has 1 fully saturated rings. The second-order valence-corrected chi connectivity index (χ2v) is 6.06. The molecule has 1 aromatic heterocycles. The van der Waals surface area contributed by atoms with Crippen LogP contribution < -0.4 is 0 Å². The lowest BCUT2D eigenvalue weighted by molar-refractivity contribution is 0.298. The van der Waals surface area contributed by atoms with E-state index in [0.29, 0.717) is 5.92 Å². The van der Waals surface area contributed by atoms with E-state index in [1.165, 1.54) is 56.9 Å². The first-order valence-corrected chi connectivity index (χ1v) is 8.14. The summed E-state index contributed by atoms with van der Waals surface area (Å²) in [6.07, 6.45) is 15.9. The van der Waals surface area contributed by atoms with Gasteiger partial charge in [-0.15, -0.1) is 0 Å². The summed E-state index contributed by atoms with van der Waals surface area (Å²) in [5.41, 5.74) is 1.28. The van der Waals surface area contributed by atoms with Gasteiger partial charge in [-0.05, 0) is 43.6 Å². The highest BCUT2D eigenvalue weighted by atomic mass is 14.9. The smallest absolute Gasteiger partial charge is 0.131 e. The number of hydrogen-bond donors (Lipinski definition) is 0. The lowest BCUT2D eigenvalue weighted by Crippen LogP contribution is -2.15. The van der Waals surface area contributed by atoms with E-state index in [0.717, 1.165) is 18.2 Å². The molecule has 0 radical (unpaired) electrons. The molecule has 0 amide bonds. The predicted molar refractivity (Wildman–Crippen MR) is 80.3 cm³/mol. The Morgan fingerprint density at radius 2 is 1.68 bits per heavy atom. The molecule has 1 aliphatic carbocycles. The van der Waals surface area contributed by atoms with E-state index < -0.39 is 0 Å². The molecule has 1 aliphatic rings. The number of nitrogens with zero attached hydrogens (tertiary/aromatic N) is 2. The van der Waals surface area contributed by atoms with Crippen molar-refractivity contribution in [2.24, 2.45) is 5.92 Å². The van der Waals surface area contributed by atoms with E-state index in [4.69, 9.17) is 0 Å². The van der Waals surface area contributed by atoms with Crippen LogP contribution in [0.5, 0.6) is 0 Å². The Morgan fingerprint density at radius 3 is 2.26 bits per heavy atom. The van der Waals surface area contributed by atoms with Gasteiger partial charge in [0.25, 0.3) is 0 Å². The summed E-state index contributed by atoms with van der Waals surface area (Å²) in [6, 6.07) is 0. The second kappa shape index (κ2) is 7.62. The first-order chi connectivity index (χ1) is 9.33. The van der Waals surface area contributed by atoms with Crippen LogP contribution in [0.4, 0.5) is 0 Å². The zero-order valence-electron chi connectivity index (χ0n) is 12.6. The Bertz CT molecular complexity index is 350. The molecule has 106 valence electrons. The van der Waals surface area contributed by atoms with E-state index in [1.54, 1.807) is 0 Å². The summed E-state index contributed by atoms with van der Waals surface area (Å²) < 4.78 is 0. The van der Waals surface area contributed by atoms with Gasteiger partial charge in [-0.3, -0.25) is 0 Å². The largest absolute Gasteiger partial charge is 0.241 e. The molecule has 0 saturated heterocycles. The lowest BCUT2D eigenvalue weighted by Gasteiger charge is -2.27. The van der Waals surface area contributed by atoms with E-state index in [2.05, 4.69) is 23.8 Å². The Kier molecular flexibility index (Phi) is 5.81. The van der Waals surface area contributed by atoms with E-state index in [1.807, 2.05) is 12.4 Å². The fraction of sp³-hybridized carbons (Fsp3) is 0.765. The van der Waals surface area contributed by atoms with Crippen molar-refractivity contribution in [3.05, 3.63) is 23.8 Å². The van der Waals surface area contributed by atoms with E-state index >= 15 is 0 Å². The molecule has 0 aromatic carbocycles. The van der Waals surface area contributed by atoms with Gasteiger partial charge in [0.1, 0.15) is 5.82 Å². The third-order valence-corrected chi connectivity index (χ3v) is 4.44. The summed E-state index contributed by atoms with van der Waals surface area (Å²) in [6.45, 7) is 4.49. The van der Waals surface area contributed by atoms with Crippen molar-refractivity contribution in [1.29, 1.82) is 0 Å². The van der Waals surface area contributed by atoms with Crippen LogP contribution in [0.15, 0.2) is 12.4 Å². The van der Waals surface area contributed by atoms with Gasteiger partial charge in [0.05, 0.1) is 0 Å². The van der Waals surface area contributed by atoms with Gasteiger partial charge in [0.2, 0.25) is 0 Å². The first kappa shape index (κ1) is 14.5. The van der Waals surface area contributed by atoms with Crippen molar-refractivity contribution >= 4 is 0 Å². The normalized spacial score (nSPS) is 23.5. The van der Waals surface area contributed by atoms with E-state index in [9.17, 15) is 0 Å². The summed E-state index contributed by atoms with van der Waals surface area (Å²) in [7, 11) is 0. The Morgan fingerprint density at radius 1 is 1.00 bits per heavy atom. The summed E-state index contributed by atoms with van der Waals surface area (Å²) in [5.74, 6) is 2.68. The average Bonchev–Trinajstić information content (AvgIpc) is 2.47. The quantitative estimate of drug-likeness (QED) is 0.727. The van der Waals surface area contributed by atoms with Crippen molar-refractivity contribution in [3.8, 4) is 0 Å². The molecular formula is C17H28N2. The minimum Gasteiger partial charge on any atom is -0.241 e. The molecule has 1 heterocycles. The highest BCUT2D eigenvalue weighted by molar-refractivity contribution is 5.08. The van der Waals surface area contributed by atoms with Crippen LogP contribution in [0, 0.1) is 5.92 Å². The van der Waals surface area contributed by atoms with Gasteiger partial charge in [-0.25, -0.2) is 9.97 Å². The molecule has 0 bridgehead atoms. The van der Waals surface area contributed by atoms with Gasteiger partial charge in [0.15, 0.2) is 0 Å². The zero-order chi connectivity index (χ0) is 13.5. The summed E-state index contributed by atoms with van der Waals surface area (Å²) in [5, 5.41) is 0. The van der Waals surface area contributed by atoms with E-state index in [-0.39, 0.29) is 0 Å². The maximum Gasteiger partial charge on any atom is 0.131 e. The third kappa shape index (κ3) is 4.29. The molecule has 2 heteroatoms. The Labute approximate surface area is 118 Å². The van der Waals surface area contributed by atoms with Crippen LogP contribution in [0.1, 0.15) is 82.5 Å². The highest BCUT2D eigenvalue weighted by Gasteiger charge is 2.23. The standard InChI is InChI=1S/C17H28N2/c1-3-5-7-14-8-10-16(11-9-14)17-18-12-15(6-4-2)13-19-17/h12-14,16H,3-11H2,1-2H3. The van der Waals surface area contributed by atoms with Crippen molar-refractivity contribution in [3.63, 3.8) is 0 Å². The van der Waals surface area contributed by atoms with Gasteiger partial charge >= 0.3 is 0 Å². The van der Waals surface area contributed by atoms with Crippen molar-refractivity contribution < 1.29 is 0 Å². The number of hydrogen-bond acceptors (Lipinski definition) is 2.